The van der Waals surface area contributed by atoms with Gasteiger partial charge in [0.25, 0.3) is 5.56 Å². The topological polar surface area (TPSA) is 72.7 Å². The highest BCUT2D eigenvalue weighted by molar-refractivity contribution is 7.99. The molecule has 0 aliphatic heterocycles. The second kappa shape index (κ2) is 10.8. The summed E-state index contributed by atoms with van der Waals surface area (Å²) in [6.45, 7) is 4.77. The summed E-state index contributed by atoms with van der Waals surface area (Å²) in [7, 11) is 1.63. The Labute approximate surface area is 169 Å². The van der Waals surface area contributed by atoms with Crippen LogP contribution in [0.25, 0.3) is 11.2 Å². The van der Waals surface area contributed by atoms with Crippen molar-refractivity contribution in [2.45, 2.75) is 70.5 Å². The third-order valence-corrected chi connectivity index (χ3v) is 5.59. The molecular weight excluding hydrogens is 384 g/mol. The van der Waals surface area contributed by atoms with Crippen LogP contribution in [0.5, 0.6) is 0 Å². The zero-order valence-electron chi connectivity index (χ0n) is 16.4. The van der Waals surface area contributed by atoms with Gasteiger partial charge in [0.15, 0.2) is 16.3 Å². The van der Waals surface area contributed by atoms with Crippen LogP contribution in [-0.2, 0) is 13.6 Å². The molecule has 0 aliphatic rings. The number of hydrogen-bond donors (Lipinski definition) is 1. The lowest BCUT2D eigenvalue weighted by Gasteiger charge is -2.08. The zero-order chi connectivity index (χ0) is 19.8. The molecule has 0 saturated carbocycles. The fourth-order valence-corrected chi connectivity index (χ4v) is 4.13. The number of aromatic amines is 1. The second-order valence-electron chi connectivity index (χ2n) is 6.76. The number of aryl methyl sites for hydroxylation is 2. The van der Waals surface area contributed by atoms with Gasteiger partial charge in [-0.25, -0.2) is 9.78 Å². The van der Waals surface area contributed by atoms with Crippen LogP contribution in [0.2, 0.25) is 0 Å². The van der Waals surface area contributed by atoms with Gasteiger partial charge in [0.05, 0.1) is 0 Å². The average molecular weight is 413 g/mol. The Bertz CT molecular complexity index is 893. The predicted molar refractivity (Wildman–Crippen MR) is 114 cm³/mol. The molecule has 0 saturated heterocycles. The zero-order valence-corrected chi connectivity index (χ0v) is 18.0. The number of allylic oxidation sites excluding steroid dienone is 1. The van der Waals surface area contributed by atoms with E-state index in [0.717, 1.165) is 29.6 Å². The summed E-state index contributed by atoms with van der Waals surface area (Å²) < 4.78 is 3.34. The maximum Gasteiger partial charge on any atom is 0.329 e. The molecular formula is C19H29ClN4O2S. The van der Waals surface area contributed by atoms with E-state index in [4.69, 9.17) is 11.6 Å². The van der Waals surface area contributed by atoms with Gasteiger partial charge in [-0.15, -0.1) is 0 Å². The van der Waals surface area contributed by atoms with E-state index in [2.05, 4.69) is 16.9 Å². The van der Waals surface area contributed by atoms with Crippen molar-refractivity contribution in [1.29, 1.82) is 0 Å². The van der Waals surface area contributed by atoms with Crippen molar-refractivity contribution >= 4 is 34.5 Å². The van der Waals surface area contributed by atoms with Gasteiger partial charge in [0.1, 0.15) is 0 Å². The first-order chi connectivity index (χ1) is 13.0. The molecule has 6 nitrogen and oxygen atoms in total. The van der Waals surface area contributed by atoms with Gasteiger partial charge in [-0.2, -0.15) is 0 Å². The van der Waals surface area contributed by atoms with Crippen LogP contribution < -0.4 is 11.2 Å². The van der Waals surface area contributed by atoms with Gasteiger partial charge < -0.3 is 4.57 Å². The highest BCUT2D eigenvalue weighted by Gasteiger charge is 2.17. The first-order valence-electron chi connectivity index (χ1n) is 9.60. The first-order valence-corrected chi connectivity index (χ1v) is 11.0. The van der Waals surface area contributed by atoms with E-state index in [-0.39, 0.29) is 5.56 Å². The van der Waals surface area contributed by atoms with Crippen molar-refractivity contribution in [1.82, 2.24) is 19.1 Å². The van der Waals surface area contributed by atoms with Gasteiger partial charge in [0, 0.05) is 24.4 Å². The van der Waals surface area contributed by atoms with E-state index in [1.165, 1.54) is 48.4 Å². The third-order valence-electron chi connectivity index (χ3n) is 4.53. The Kier molecular flexibility index (Phi) is 8.70. The SMILES string of the molecule is CCCCCCCCCn1c(SC/C=C(/C)Cl)nc2c1c(=O)[nH]c(=O)n2C. The molecule has 2 rings (SSSR count). The maximum absolute atomic E-state index is 12.4. The minimum absolute atomic E-state index is 0.375. The van der Waals surface area contributed by atoms with Crippen molar-refractivity contribution in [3.63, 3.8) is 0 Å². The smallest absolute Gasteiger partial charge is 0.313 e. The van der Waals surface area contributed by atoms with Gasteiger partial charge >= 0.3 is 5.69 Å². The molecule has 8 heteroatoms. The van der Waals surface area contributed by atoms with E-state index in [1.807, 2.05) is 17.6 Å². The number of fused-ring (bicyclic) bond motifs is 1. The molecule has 2 aromatic rings. The molecule has 0 fully saturated rings. The Morgan fingerprint density at radius 3 is 2.52 bits per heavy atom. The van der Waals surface area contributed by atoms with E-state index in [1.54, 1.807) is 7.05 Å². The van der Waals surface area contributed by atoms with Crippen molar-refractivity contribution < 1.29 is 0 Å². The quantitative estimate of drug-likeness (QED) is 0.438. The fraction of sp³-hybridized carbons (Fsp3) is 0.632. The second-order valence-corrected chi connectivity index (χ2v) is 8.34. The summed E-state index contributed by atoms with van der Waals surface area (Å²) in [5.41, 5.74) is 0.0820. The molecule has 0 atom stereocenters. The van der Waals surface area contributed by atoms with Crippen LogP contribution in [0.1, 0.15) is 58.8 Å². The number of nitrogens with zero attached hydrogens (tertiary/aromatic N) is 3. The molecule has 150 valence electrons. The molecule has 0 amide bonds. The van der Waals surface area contributed by atoms with Gasteiger partial charge in [0.2, 0.25) is 0 Å². The Morgan fingerprint density at radius 2 is 1.85 bits per heavy atom. The van der Waals surface area contributed by atoms with Crippen LogP contribution in [-0.4, -0.2) is 24.9 Å². The minimum atomic E-state index is -0.443. The molecule has 0 unspecified atom stereocenters. The predicted octanol–water partition coefficient (Wildman–Crippen LogP) is 4.41. The van der Waals surface area contributed by atoms with Crippen LogP contribution in [0.15, 0.2) is 25.9 Å². The van der Waals surface area contributed by atoms with Gasteiger partial charge in [-0.3, -0.25) is 14.3 Å². The molecule has 1 N–H and O–H groups in total. The van der Waals surface area contributed by atoms with E-state index in [9.17, 15) is 9.59 Å². The molecule has 0 aromatic carbocycles. The minimum Gasteiger partial charge on any atom is -0.313 e. The molecule has 2 aromatic heterocycles. The largest absolute Gasteiger partial charge is 0.329 e. The normalized spacial score (nSPS) is 12.2. The lowest BCUT2D eigenvalue weighted by Crippen LogP contribution is -2.29. The number of aromatic nitrogens is 4. The van der Waals surface area contributed by atoms with E-state index >= 15 is 0 Å². The highest BCUT2D eigenvalue weighted by Crippen LogP contribution is 2.23. The number of imidazole rings is 1. The number of H-pyrrole nitrogens is 1. The first kappa shape index (κ1) is 21.8. The summed E-state index contributed by atoms with van der Waals surface area (Å²) >= 11 is 7.43. The van der Waals surface area contributed by atoms with Crippen molar-refractivity contribution in [3.8, 4) is 0 Å². The Balaban J connectivity index is 2.20. The molecule has 0 aliphatic carbocycles. The molecule has 0 radical (unpaired) electrons. The maximum atomic E-state index is 12.4. The van der Waals surface area contributed by atoms with Gasteiger partial charge in [-0.1, -0.05) is 74.9 Å². The standard InChI is InChI=1S/C19H29ClN4O2S/c1-4-5-6-7-8-9-10-12-24-15-16(23(3)18(26)22-17(15)25)21-19(24)27-13-11-14(2)20/h11H,4-10,12-13H2,1-3H3,(H,22,25,26)/b14-11-. The number of nitrogens with one attached hydrogen (secondary N) is 1. The number of rotatable bonds is 11. The van der Waals surface area contributed by atoms with E-state index in [0.29, 0.717) is 16.9 Å². The summed E-state index contributed by atoms with van der Waals surface area (Å²) in [5, 5.41) is 1.47. The lowest BCUT2D eigenvalue weighted by atomic mass is 10.1. The highest BCUT2D eigenvalue weighted by atomic mass is 35.5. The molecule has 27 heavy (non-hydrogen) atoms. The van der Waals surface area contributed by atoms with Crippen molar-refractivity contribution in [2.24, 2.45) is 7.05 Å². The fourth-order valence-electron chi connectivity index (χ4n) is 2.99. The summed E-state index contributed by atoms with van der Waals surface area (Å²) in [4.78, 5) is 31.2. The Morgan fingerprint density at radius 1 is 1.19 bits per heavy atom. The van der Waals surface area contributed by atoms with Crippen molar-refractivity contribution in [3.05, 3.63) is 31.9 Å². The summed E-state index contributed by atoms with van der Waals surface area (Å²) in [5.74, 6) is 0.668. The molecule has 2 heterocycles. The van der Waals surface area contributed by atoms with Crippen LogP contribution in [0.4, 0.5) is 0 Å². The van der Waals surface area contributed by atoms with Crippen LogP contribution in [0.3, 0.4) is 0 Å². The monoisotopic (exact) mass is 412 g/mol. The number of unbranched alkanes of at least 4 members (excludes halogenated alkanes) is 6. The van der Waals surface area contributed by atoms with Gasteiger partial charge in [-0.05, 0) is 13.3 Å². The van der Waals surface area contributed by atoms with E-state index < -0.39 is 5.69 Å². The van der Waals surface area contributed by atoms with Crippen LogP contribution in [0, 0.1) is 0 Å². The number of halogens is 1. The number of hydrogen-bond acceptors (Lipinski definition) is 4. The summed E-state index contributed by atoms with van der Waals surface area (Å²) in [6, 6.07) is 0. The number of thioether (sulfide) groups is 1. The molecule has 0 bridgehead atoms. The average Bonchev–Trinajstić information content (AvgIpc) is 2.98. The third kappa shape index (κ3) is 6.01. The molecule has 0 spiro atoms. The van der Waals surface area contributed by atoms with Crippen LogP contribution >= 0.6 is 23.4 Å². The lowest BCUT2D eigenvalue weighted by molar-refractivity contribution is 0.538. The van der Waals surface area contributed by atoms with Crippen molar-refractivity contribution in [2.75, 3.05) is 5.75 Å². The summed E-state index contributed by atoms with van der Waals surface area (Å²) in [6.07, 6.45) is 10.3. The Hall–Kier alpha value is -1.47.